The molecule has 0 radical (unpaired) electrons. The Balaban J connectivity index is 1.92. The first-order valence-electron chi connectivity index (χ1n) is 6.69. The Morgan fingerprint density at radius 1 is 1.20 bits per heavy atom. The van der Waals surface area contributed by atoms with Gasteiger partial charge in [-0.3, -0.25) is 10.1 Å². The molecule has 0 spiro atoms. The van der Waals surface area contributed by atoms with E-state index in [0.717, 1.165) is 16.8 Å². The Morgan fingerprint density at radius 3 is 2.50 bits per heavy atom. The summed E-state index contributed by atoms with van der Waals surface area (Å²) < 4.78 is 26.5. The molecule has 2 aromatic heterocycles. The molecule has 4 nitrogen and oxygen atoms in total. The number of alkyl halides is 2. The highest BCUT2D eigenvalue weighted by molar-refractivity contribution is 5.76. The van der Waals surface area contributed by atoms with Crippen LogP contribution in [0.25, 0.3) is 11.1 Å². The predicted octanol–water partition coefficient (Wildman–Crippen LogP) is 3.35. The fourth-order valence-electron chi connectivity index (χ4n) is 2.82. The minimum absolute atomic E-state index is 0.0580. The lowest BCUT2D eigenvalue weighted by molar-refractivity contribution is -0.0384. The molecular formula is C14H16F2N4. The van der Waals surface area contributed by atoms with E-state index < -0.39 is 5.92 Å². The molecule has 0 aromatic carbocycles. The SMILES string of the molecule is Nc1n[nH]c(C2CCC(F)(F)CC2)c1-c1ccncc1. The second kappa shape index (κ2) is 4.85. The van der Waals surface area contributed by atoms with Gasteiger partial charge in [-0.2, -0.15) is 5.10 Å². The van der Waals surface area contributed by atoms with Gasteiger partial charge in [0.1, 0.15) is 0 Å². The van der Waals surface area contributed by atoms with Gasteiger partial charge < -0.3 is 5.73 Å². The molecule has 20 heavy (non-hydrogen) atoms. The third-order valence-corrected chi connectivity index (χ3v) is 3.92. The highest BCUT2D eigenvalue weighted by Crippen LogP contribution is 2.43. The number of anilines is 1. The summed E-state index contributed by atoms with van der Waals surface area (Å²) in [5.74, 6) is -2.06. The maximum atomic E-state index is 13.3. The third-order valence-electron chi connectivity index (χ3n) is 3.92. The van der Waals surface area contributed by atoms with Crippen LogP contribution in [0.2, 0.25) is 0 Å². The normalized spacial score (nSPS) is 19.1. The van der Waals surface area contributed by atoms with Crippen LogP contribution in [0.1, 0.15) is 37.3 Å². The number of aromatic nitrogens is 3. The molecule has 1 saturated carbocycles. The number of nitrogens with two attached hydrogens (primary N) is 1. The smallest absolute Gasteiger partial charge is 0.248 e. The lowest BCUT2D eigenvalue weighted by atomic mass is 9.82. The number of nitrogen functional groups attached to an aromatic ring is 1. The summed E-state index contributed by atoms with van der Waals surface area (Å²) in [5.41, 5.74) is 8.52. The van der Waals surface area contributed by atoms with Crippen LogP contribution in [0.4, 0.5) is 14.6 Å². The number of H-pyrrole nitrogens is 1. The van der Waals surface area contributed by atoms with Crippen molar-refractivity contribution in [3.05, 3.63) is 30.2 Å². The molecule has 106 valence electrons. The molecule has 6 heteroatoms. The molecule has 1 fully saturated rings. The van der Waals surface area contributed by atoms with Crippen LogP contribution < -0.4 is 5.73 Å². The maximum Gasteiger partial charge on any atom is 0.248 e. The summed E-state index contributed by atoms with van der Waals surface area (Å²) in [5, 5.41) is 6.98. The van der Waals surface area contributed by atoms with Crippen LogP contribution in [-0.2, 0) is 0 Å². The van der Waals surface area contributed by atoms with Gasteiger partial charge in [-0.15, -0.1) is 0 Å². The van der Waals surface area contributed by atoms with Gasteiger partial charge in [-0.25, -0.2) is 8.78 Å². The molecule has 1 aliphatic rings. The zero-order valence-corrected chi connectivity index (χ0v) is 10.9. The van der Waals surface area contributed by atoms with Crippen molar-refractivity contribution in [2.45, 2.75) is 37.5 Å². The first-order valence-corrected chi connectivity index (χ1v) is 6.69. The zero-order chi connectivity index (χ0) is 14.2. The van der Waals surface area contributed by atoms with E-state index in [2.05, 4.69) is 15.2 Å². The van der Waals surface area contributed by atoms with Crippen molar-refractivity contribution in [3.8, 4) is 11.1 Å². The van der Waals surface area contributed by atoms with Crippen LogP contribution in [0.15, 0.2) is 24.5 Å². The van der Waals surface area contributed by atoms with E-state index in [4.69, 9.17) is 5.73 Å². The Kier molecular flexibility index (Phi) is 3.16. The summed E-state index contributed by atoms with van der Waals surface area (Å²) >= 11 is 0. The highest BCUT2D eigenvalue weighted by atomic mass is 19.3. The second-order valence-corrected chi connectivity index (χ2v) is 5.26. The Labute approximate surface area is 115 Å². The quantitative estimate of drug-likeness (QED) is 0.885. The minimum Gasteiger partial charge on any atom is -0.382 e. The van der Waals surface area contributed by atoms with Crippen molar-refractivity contribution in [1.29, 1.82) is 0 Å². The van der Waals surface area contributed by atoms with Crippen LogP contribution in [0.3, 0.4) is 0 Å². The molecule has 0 atom stereocenters. The van der Waals surface area contributed by atoms with Gasteiger partial charge in [0.2, 0.25) is 5.92 Å². The van der Waals surface area contributed by atoms with Gasteiger partial charge in [0.05, 0.1) is 0 Å². The number of nitrogens with zero attached hydrogens (tertiary/aromatic N) is 2. The fourth-order valence-corrected chi connectivity index (χ4v) is 2.82. The van der Waals surface area contributed by atoms with Gasteiger partial charge in [0.25, 0.3) is 0 Å². The molecule has 1 aliphatic carbocycles. The van der Waals surface area contributed by atoms with Crippen molar-refractivity contribution in [2.24, 2.45) is 0 Å². The molecular weight excluding hydrogens is 262 g/mol. The molecule has 0 amide bonds. The van der Waals surface area contributed by atoms with Crippen molar-refractivity contribution in [1.82, 2.24) is 15.2 Å². The molecule has 3 N–H and O–H groups in total. The largest absolute Gasteiger partial charge is 0.382 e. The number of nitrogens with one attached hydrogen (secondary N) is 1. The van der Waals surface area contributed by atoms with Gasteiger partial charge >= 0.3 is 0 Å². The highest BCUT2D eigenvalue weighted by Gasteiger charge is 2.37. The van der Waals surface area contributed by atoms with E-state index in [0.29, 0.717) is 18.7 Å². The molecule has 2 aromatic rings. The van der Waals surface area contributed by atoms with Crippen molar-refractivity contribution in [3.63, 3.8) is 0 Å². The first-order chi connectivity index (χ1) is 9.57. The Hall–Kier alpha value is -1.98. The van der Waals surface area contributed by atoms with E-state index in [-0.39, 0.29) is 18.8 Å². The van der Waals surface area contributed by atoms with Gasteiger partial charge in [-0.05, 0) is 30.5 Å². The number of pyridine rings is 1. The van der Waals surface area contributed by atoms with Crippen LogP contribution >= 0.6 is 0 Å². The molecule has 0 saturated heterocycles. The fraction of sp³-hybridized carbons (Fsp3) is 0.429. The minimum atomic E-state index is -2.53. The van der Waals surface area contributed by atoms with E-state index >= 15 is 0 Å². The molecule has 0 bridgehead atoms. The number of hydrogen-bond acceptors (Lipinski definition) is 3. The summed E-state index contributed by atoms with van der Waals surface area (Å²) in [4.78, 5) is 3.98. The summed E-state index contributed by atoms with van der Waals surface area (Å²) in [7, 11) is 0. The monoisotopic (exact) mass is 278 g/mol. The molecule has 2 heterocycles. The predicted molar refractivity (Wildman–Crippen MR) is 72.4 cm³/mol. The lowest BCUT2D eigenvalue weighted by Crippen LogP contribution is -2.24. The van der Waals surface area contributed by atoms with Crippen molar-refractivity contribution in [2.75, 3.05) is 5.73 Å². The average Bonchev–Trinajstić information content (AvgIpc) is 2.82. The lowest BCUT2D eigenvalue weighted by Gasteiger charge is -2.28. The molecule has 0 unspecified atom stereocenters. The second-order valence-electron chi connectivity index (χ2n) is 5.26. The number of halogens is 2. The summed E-state index contributed by atoms with van der Waals surface area (Å²) in [6.45, 7) is 0. The summed E-state index contributed by atoms with van der Waals surface area (Å²) in [6, 6.07) is 3.70. The number of aromatic amines is 1. The van der Waals surface area contributed by atoms with E-state index in [9.17, 15) is 8.78 Å². The van der Waals surface area contributed by atoms with Gasteiger partial charge in [0.15, 0.2) is 5.82 Å². The Bertz CT molecular complexity index is 584. The number of hydrogen-bond donors (Lipinski definition) is 2. The summed E-state index contributed by atoms with van der Waals surface area (Å²) in [6.07, 6.45) is 4.11. The molecule has 3 rings (SSSR count). The topological polar surface area (TPSA) is 67.6 Å². The van der Waals surface area contributed by atoms with E-state index in [1.54, 1.807) is 12.4 Å². The Morgan fingerprint density at radius 2 is 1.85 bits per heavy atom. The maximum absolute atomic E-state index is 13.3. The number of rotatable bonds is 2. The van der Waals surface area contributed by atoms with E-state index in [1.807, 2.05) is 12.1 Å². The van der Waals surface area contributed by atoms with Crippen LogP contribution in [0.5, 0.6) is 0 Å². The van der Waals surface area contributed by atoms with Crippen molar-refractivity contribution < 1.29 is 8.78 Å². The zero-order valence-electron chi connectivity index (χ0n) is 10.9. The average molecular weight is 278 g/mol. The van der Waals surface area contributed by atoms with Gasteiger partial charge in [-0.1, -0.05) is 0 Å². The molecule has 0 aliphatic heterocycles. The van der Waals surface area contributed by atoms with E-state index in [1.165, 1.54) is 0 Å². The van der Waals surface area contributed by atoms with Gasteiger partial charge in [0, 0.05) is 42.4 Å². The van der Waals surface area contributed by atoms with Crippen LogP contribution in [0, 0.1) is 0 Å². The van der Waals surface area contributed by atoms with Crippen LogP contribution in [-0.4, -0.2) is 21.1 Å². The van der Waals surface area contributed by atoms with Crippen molar-refractivity contribution >= 4 is 5.82 Å². The standard InChI is InChI=1S/C14H16F2N4/c15-14(16)5-1-10(2-6-14)12-11(13(17)20-19-12)9-3-7-18-8-4-9/h3-4,7-8,10H,1-2,5-6H2,(H3,17,19,20). The first kappa shape index (κ1) is 13.0. The third kappa shape index (κ3) is 2.37.